The number of hydrogen-bond acceptors (Lipinski definition) is 8. The maximum absolute atomic E-state index is 12.4. The quantitative estimate of drug-likeness (QED) is 0.452. The van der Waals surface area contributed by atoms with E-state index >= 15 is 0 Å². The lowest BCUT2D eigenvalue weighted by molar-refractivity contribution is 0.203. The molecule has 0 saturated carbocycles. The molecule has 0 spiro atoms. The van der Waals surface area contributed by atoms with Gasteiger partial charge in [-0.15, -0.1) is 0 Å². The lowest BCUT2D eigenvalue weighted by Crippen LogP contribution is -2.03. The Morgan fingerprint density at radius 1 is 1.11 bits per heavy atom. The molecule has 3 atom stereocenters. The zero-order valence-electron chi connectivity index (χ0n) is 11.6. The Bertz CT molecular complexity index is 375. The predicted octanol–water partition coefficient (Wildman–Crippen LogP) is 3.41. The third kappa shape index (κ3) is 7.74. The molecule has 0 aromatic heterocycles. The molecular formula is C8H22NO7P3. The van der Waals surface area contributed by atoms with Crippen molar-refractivity contribution in [2.24, 2.45) is 0 Å². The molecule has 11 heteroatoms. The van der Waals surface area contributed by atoms with Crippen molar-refractivity contribution in [2.45, 2.75) is 26.7 Å². The molecule has 19 heavy (non-hydrogen) atoms. The van der Waals surface area contributed by atoms with Crippen LogP contribution in [0.1, 0.15) is 26.7 Å². The number of nitrogens with one attached hydrogen (secondary N) is 1. The van der Waals surface area contributed by atoms with Crippen LogP contribution in [0.2, 0.25) is 0 Å². The van der Waals surface area contributed by atoms with E-state index < -0.39 is 23.4 Å². The standard InChI is InChI=1S/C8H22NO7P3/c1-5-7-18(11,13-4)16-19(12,8-6-2)15-17(10)14-9-3/h9,17H,5-8H2,1-4H3. The second kappa shape index (κ2) is 9.43. The molecule has 0 aliphatic carbocycles. The Balaban J connectivity index is 4.92. The summed E-state index contributed by atoms with van der Waals surface area (Å²) < 4.78 is 55.0. The van der Waals surface area contributed by atoms with Gasteiger partial charge >= 0.3 is 23.4 Å². The Labute approximate surface area is 114 Å². The van der Waals surface area contributed by atoms with Gasteiger partial charge in [0.2, 0.25) is 0 Å². The molecule has 0 bridgehead atoms. The normalized spacial score (nSPS) is 19.6. The van der Waals surface area contributed by atoms with Gasteiger partial charge in [0.15, 0.2) is 0 Å². The number of rotatable bonds is 11. The van der Waals surface area contributed by atoms with E-state index in [0.717, 1.165) is 0 Å². The highest BCUT2D eigenvalue weighted by molar-refractivity contribution is 7.69. The van der Waals surface area contributed by atoms with Crippen LogP contribution in [0.3, 0.4) is 0 Å². The summed E-state index contributed by atoms with van der Waals surface area (Å²) in [6, 6.07) is 0. The van der Waals surface area contributed by atoms with E-state index in [1.54, 1.807) is 13.8 Å². The van der Waals surface area contributed by atoms with E-state index in [1.165, 1.54) is 14.2 Å². The zero-order valence-corrected chi connectivity index (χ0v) is 14.4. The first-order valence-corrected chi connectivity index (χ1v) is 10.5. The summed E-state index contributed by atoms with van der Waals surface area (Å²) in [6.45, 7) is 3.53. The maximum atomic E-state index is 12.4. The van der Waals surface area contributed by atoms with E-state index in [1.807, 2.05) is 0 Å². The summed E-state index contributed by atoms with van der Waals surface area (Å²) in [4.78, 5) is 0. The minimum Gasteiger partial charge on any atom is -0.312 e. The van der Waals surface area contributed by atoms with Gasteiger partial charge < -0.3 is 4.52 Å². The maximum Gasteiger partial charge on any atom is 0.344 e. The van der Waals surface area contributed by atoms with Gasteiger partial charge in [-0.1, -0.05) is 13.8 Å². The van der Waals surface area contributed by atoms with Crippen molar-refractivity contribution in [2.75, 3.05) is 26.5 Å². The molecule has 3 unspecified atom stereocenters. The molecule has 0 radical (unpaired) electrons. The minimum absolute atomic E-state index is 0.0203. The van der Waals surface area contributed by atoms with Gasteiger partial charge in [-0.05, 0) is 12.8 Å². The largest absolute Gasteiger partial charge is 0.344 e. The van der Waals surface area contributed by atoms with Crippen LogP contribution in [-0.2, 0) is 31.5 Å². The van der Waals surface area contributed by atoms with Crippen molar-refractivity contribution < 1.29 is 31.5 Å². The molecule has 0 aromatic rings. The van der Waals surface area contributed by atoms with Crippen molar-refractivity contribution in [3.63, 3.8) is 0 Å². The minimum atomic E-state index is -3.79. The van der Waals surface area contributed by atoms with E-state index in [0.29, 0.717) is 12.8 Å². The highest BCUT2D eigenvalue weighted by Gasteiger charge is 2.37. The van der Waals surface area contributed by atoms with Crippen molar-refractivity contribution in [1.29, 1.82) is 0 Å². The average molecular weight is 337 g/mol. The smallest absolute Gasteiger partial charge is 0.312 e. The van der Waals surface area contributed by atoms with Gasteiger partial charge in [-0.25, -0.2) is 13.2 Å². The summed E-state index contributed by atoms with van der Waals surface area (Å²) in [6.07, 6.45) is 1.06. The van der Waals surface area contributed by atoms with Gasteiger partial charge in [-0.2, -0.15) is 5.48 Å². The summed E-state index contributed by atoms with van der Waals surface area (Å²) >= 11 is 0. The molecular weight excluding hydrogens is 315 g/mol. The second-order valence-corrected chi connectivity index (χ2v) is 9.37. The molecule has 8 nitrogen and oxygen atoms in total. The highest BCUT2D eigenvalue weighted by Crippen LogP contribution is 2.67. The van der Waals surface area contributed by atoms with Gasteiger partial charge in [0.25, 0.3) is 0 Å². The molecule has 0 aromatic carbocycles. The first-order valence-electron chi connectivity index (χ1n) is 5.87. The van der Waals surface area contributed by atoms with Crippen LogP contribution in [-0.4, -0.2) is 26.5 Å². The third-order valence-corrected chi connectivity index (χ3v) is 8.54. The van der Waals surface area contributed by atoms with E-state index in [2.05, 4.69) is 10.1 Å². The van der Waals surface area contributed by atoms with Gasteiger partial charge in [0.05, 0.1) is 12.3 Å². The first kappa shape index (κ1) is 19.5. The third-order valence-electron chi connectivity index (χ3n) is 1.92. The summed E-state index contributed by atoms with van der Waals surface area (Å²) in [7, 11) is -7.75. The zero-order chi connectivity index (χ0) is 14.9. The lowest BCUT2D eigenvalue weighted by Gasteiger charge is -2.22. The molecule has 0 heterocycles. The van der Waals surface area contributed by atoms with Gasteiger partial charge in [0.1, 0.15) is 0 Å². The van der Waals surface area contributed by atoms with Crippen LogP contribution in [0, 0.1) is 0 Å². The molecule has 0 fully saturated rings. The summed E-state index contributed by atoms with van der Waals surface area (Å²) in [5, 5.41) is 0. The predicted molar refractivity (Wildman–Crippen MR) is 73.9 cm³/mol. The molecule has 0 saturated heterocycles. The van der Waals surface area contributed by atoms with Crippen LogP contribution in [0.15, 0.2) is 0 Å². The van der Waals surface area contributed by atoms with Crippen molar-refractivity contribution in [1.82, 2.24) is 5.48 Å². The van der Waals surface area contributed by atoms with Crippen molar-refractivity contribution >= 4 is 23.4 Å². The lowest BCUT2D eigenvalue weighted by atomic mass is 10.6. The fraction of sp³-hybridized carbons (Fsp3) is 1.00. The number of hydrogen-bond donors (Lipinski definition) is 1. The van der Waals surface area contributed by atoms with Crippen LogP contribution in [0.25, 0.3) is 0 Å². The average Bonchev–Trinajstić information content (AvgIpc) is 2.29. The number of hydroxylamine groups is 1. The van der Waals surface area contributed by atoms with Crippen molar-refractivity contribution in [3.05, 3.63) is 0 Å². The van der Waals surface area contributed by atoms with E-state index in [9.17, 15) is 13.7 Å². The monoisotopic (exact) mass is 337 g/mol. The Morgan fingerprint density at radius 3 is 2.05 bits per heavy atom. The van der Waals surface area contributed by atoms with Gasteiger partial charge in [-0.3, -0.25) is 13.7 Å². The molecule has 0 amide bonds. The van der Waals surface area contributed by atoms with Gasteiger partial charge in [0, 0.05) is 14.2 Å². The topological polar surface area (TPSA) is 100 Å². The fourth-order valence-corrected chi connectivity index (χ4v) is 6.96. The Morgan fingerprint density at radius 2 is 1.63 bits per heavy atom. The Kier molecular flexibility index (Phi) is 9.67. The summed E-state index contributed by atoms with van der Waals surface area (Å²) in [5.74, 6) is 0. The SMILES string of the molecule is CCCP(=O)(OC)OP(=O)(CCC)O[PH](=O)ONC. The van der Waals surface area contributed by atoms with Crippen LogP contribution >= 0.6 is 23.4 Å². The van der Waals surface area contributed by atoms with Crippen LogP contribution < -0.4 is 5.48 Å². The first-order chi connectivity index (χ1) is 8.84. The molecule has 0 aliphatic rings. The van der Waals surface area contributed by atoms with Crippen LogP contribution in [0.4, 0.5) is 0 Å². The van der Waals surface area contributed by atoms with Crippen LogP contribution in [0.5, 0.6) is 0 Å². The molecule has 116 valence electrons. The molecule has 0 rings (SSSR count). The molecule has 0 aliphatic heterocycles. The Hall–Kier alpha value is 0.490. The second-order valence-electron chi connectivity index (χ2n) is 3.58. The summed E-state index contributed by atoms with van der Waals surface area (Å²) in [5.41, 5.74) is 2.16. The highest BCUT2D eigenvalue weighted by atomic mass is 31.3. The molecule has 1 N–H and O–H groups in total. The van der Waals surface area contributed by atoms with Crippen molar-refractivity contribution in [3.8, 4) is 0 Å². The fourth-order valence-electron chi connectivity index (χ4n) is 1.22. The van der Waals surface area contributed by atoms with E-state index in [4.69, 9.17) is 13.1 Å². The van der Waals surface area contributed by atoms with E-state index in [-0.39, 0.29) is 12.3 Å².